The van der Waals surface area contributed by atoms with Gasteiger partial charge < -0.3 is 5.32 Å². The third-order valence-electron chi connectivity index (χ3n) is 1.88. The molecule has 0 aromatic rings. The van der Waals surface area contributed by atoms with Gasteiger partial charge in [-0.15, -0.1) is 6.42 Å². The van der Waals surface area contributed by atoms with E-state index < -0.39 is 0 Å². The van der Waals surface area contributed by atoms with Crippen LogP contribution in [0, 0.1) is 12.3 Å². The molecule has 0 spiro atoms. The Bertz CT molecular complexity index is 147. The molecule has 0 bridgehead atoms. The minimum absolute atomic E-state index is 0.600. The van der Waals surface area contributed by atoms with Gasteiger partial charge >= 0.3 is 0 Å². The summed E-state index contributed by atoms with van der Waals surface area (Å²) in [5.41, 5.74) is 0. The van der Waals surface area contributed by atoms with Gasteiger partial charge in [0, 0.05) is 6.04 Å². The summed E-state index contributed by atoms with van der Waals surface area (Å²) in [6.07, 6.45) is 7.64. The lowest BCUT2D eigenvalue weighted by molar-refractivity contribution is 0.361. The fraction of sp³-hybridized carbons (Fsp3) is 0.818. The molecule has 0 aliphatic heterocycles. The van der Waals surface area contributed by atoms with Crippen molar-refractivity contribution in [3.05, 3.63) is 0 Å². The fourth-order valence-corrected chi connectivity index (χ4v) is 1.13. The summed E-state index contributed by atoms with van der Waals surface area (Å²) >= 11 is 0. The second kappa shape index (κ2) is 8.10. The summed E-state index contributed by atoms with van der Waals surface area (Å²) in [6.45, 7) is 7.32. The van der Waals surface area contributed by atoms with Gasteiger partial charge in [-0.25, -0.2) is 0 Å². The molecule has 0 aromatic carbocycles. The van der Waals surface area contributed by atoms with E-state index in [0.717, 1.165) is 19.6 Å². The van der Waals surface area contributed by atoms with Crippen LogP contribution < -0.4 is 5.32 Å². The van der Waals surface area contributed by atoms with Gasteiger partial charge in [0.1, 0.15) is 0 Å². The average Bonchev–Trinajstić information content (AvgIpc) is 2.03. The van der Waals surface area contributed by atoms with Crippen LogP contribution in [0.5, 0.6) is 0 Å². The first-order valence-electron chi connectivity index (χ1n) is 5.02. The number of hydrogen-bond acceptors (Lipinski definition) is 2. The second-order valence-corrected chi connectivity index (χ2v) is 3.76. The van der Waals surface area contributed by atoms with Crippen molar-refractivity contribution >= 4 is 0 Å². The van der Waals surface area contributed by atoms with Crippen molar-refractivity contribution in [1.82, 2.24) is 10.2 Å². The predicted octanol–water partition coefficient (Wildman–Crippen LogP) is 1.33. The van der Waals surface area contributed by atoms with Gasteiger partial charge in [-0.2, -0.15) is 0 Å². The van der Waals surface area contributed by atoms with Crippen LogP contribution in [0.15, 0.2) is 0 Å². The minimum Gasteiger partial charge on any atom is -0.315 e. The maximum atomic E-state index is 5.20. The van der Waals surface area contributed by atoms with E-state index in [1.54, 1.807) is 0 Å². The number of nitrogens with zero attached hydrogens (tertiary/aromatic N) is 1. The highest BCUT2D eigenvalue weighted by molar-refractivity contribution is 4.86. The van der Waals surface area contributed by atoms with Crippen LogP contribution in [0.25, 0.3) is 0 Å². The Hall–Kier alpha value is -0.520. The third kappa shape index (κ3) is 9.39. The van der Waals surface area contributed by atoms with Gasteiger partial charge in [0.05, 0.1) is 6.54 Å². The van der Waals surface area contributed by atoms with Gasteiger partial charge in [0.25, 0.3) is 0 Å². The monoisotopic (exact) mass is 182 g/mol. The lowest BCUT2D eigenvalue weighted by Crippen LogP contribution is -2.25. The summed E-state index contributed by atoms with van der Waals surface area (Å²) < 4.78 is 0. The van der Waals surface area contributed by atoms with Crippen LogP contribution in [0.3, 0.4) is 0 Å². The second-order valence-electron chi connectivity index (χ2n) is 3.76. The molecule has 76 valence electrons. The quantitative estimate of drug-likeness (QED) is 0.472. The van der Waals surface area contributed by atoms with E-state index in [1.165, 1.54) is 12.8 Å². The molecule has 0 atom stereocenters. The Morgan fingerprint density at radius 2 is 2.08 bits per heavy atom. The Labute approximate surface area is 82.7 Å². The van der Waals surface area contributed by atoms with Crippen LogP contribution in [0.2, 0.25) is 0 Å². The number of hydrogen-bond donors (Lipinski definition) is 1. The van der Waals surface area contributed by atoms with E-state index in [1.807, 2.05) is 0 Å². The van der Waals surface area contributed by atoms with E-state index in [0.29, 0.717) is 6.04 Å². The molecular formula is C11H22N2. The van der Waals surface area contributed by atoms with Crippen molar-refractivity contribution in [2.45, 2.75) is 32.7 Å². The van der Waals surface area contributed by atoms with Crippen LogP contribution in [-0.2, 0) is 0 Å². The van der Waals surface area contributed by atoms with Crippen molar-refractivity contribution in [2.75, 3.05) is 26.7 Å². The molecule has 1 N–H and O–H groups in total. The highest BCUT2D eigenvalue weighted by atomic mass is 15.1. The Kier molecular flexibility index (Phi) is 7.77. The summed E-state index contributed by atoms with van der Waals surface area (Å²) in [5.74, 6) is 2.64. The first kappa shape index (κ1) is 12.5. The highest BCUT2D eigenvalue weighted by Gasteiger charge is 1.95. The van der Waals surface area contributed by atoms with Gasteiger partial charge in [0.15, 0.2) is 0 Å². The normalized spacial score (nSPS) is 10.8. The van der Waals surface area contributed by atoms with E-state index in [4.69, 9.17) is 6.42 Å². The molecule has 0 aliphatic carbocycles. The summed E-state index contributed by atoms with van der Waals surface area (Å²) in [4.78, 5) is 2.18. The molecule has 2 heteroatoms. The van der Waals surface area contributed by atoms with Crippen molar-refractivity contribution in [1.29, 1.82) is 0 Å². The number of unbranched alkanes of at least 4 members (excludes halogenated alkanes) is 1. The van der Waals surface area contributed by atoms with Gasteiger partial charge in [-0.1, -0.05) is 19.8 Å². The first-order chi connectivity index (χ1) is 6.16. The fourth-order valence-electron chi connectivity index (χ4n) is 1.13. The average molecular weight is 182 g/mol. The van der Waals surface area contributed by atoms with Crippen molar-refractivity contribution in [3.8, 4) is 12.3 Å². The first-order valence-corrected chi connectivity index (χ1v) is 5.02. The summed E-state index contributed by atoms with van der Waals surface area (Å²) in [6, 6.07) is 0.600. The number of rotatable bonds is 7. The lowest BCUT2D eigenvalue weighted by atomic mass is 10.3. The Morgan fingerprint density at radius 3 is 2.62 bits per heavy atom. The maximum Gasteiger partial charge on any atom is 0.0596 e. The molecule has 0 rings (SSSR count). The van der Waals surface area contributed by atoms with Crippen LogP contribution >= 0.6 is 0 Å². The van der Waals surface area contributed by atoms with Crippen molar-refractivity contribution in [3.63, 3.8) is 0 Å². The standard InChI is InChI=1S/C11H22N2/c1-5-9-13(4)10-7-6-8-12-11(2)3/h1,11-12H,6-10H2,2-4H3. The molecule has 0 amide bonds. The van der Waals surface area contributed by atoms with Gasteiger partial charge in [-0.05, 0) is 33.0 Å². The highest BCUT2D eigenvalue weighted by Crippen LogP contribution is 1.91. The zero-order valence-electron chi connectivity index (χ0n) is 9.14. The topological polar surface area (TPSA) is 15.3 Å². The molecule has 0 fully saturated rings. The number of nitrogens with one attached hydrogen (secondary N) is 1. The van der Waals surface area contributed by atoms with Crippen LogP contribution in [0.1, 0.15) is 26.7 Å². The van der Waals surface area contributed by atoms with Gasteiger partial charge in [0.2, 0.25) is 0 Å². The zero-order chi connectivity index (χ0) is 10.1. The summed E-state index contributed by atoms with van der Waals surface area (Å²) in [5, 5.41) is 3.39. The molecular weight excluding hydrogens is 160 g/mol. The van der Waals surface area contributed by atoms with E-state index in [-0.39, 0.29) is 0 Å². The molecule has 13 heavy (non-hydrogen) atoms. The van der Waals surface area contributed by atoms with E-state index in [9.17, 15) is 0 Å². The van der Waals surface area contributed by atoms with Gasteiger partial charge in [-0.3, -0.25) is 4.90 Å². The third-order valence-corrected chi connectivity index (χ3v) is 1.88. The van der Waals surface area contributed by atoms with E-state index >= 15 is 0 Å². The predicted molar refractivity (Wildman–Crippen MR) is 58.7 cm³/mol. The SMILES string of the molecule is C#CCN(C)CCCCNC(C)C. The molecule has 0 aromatic heterocycles. The van der Waals surface area contributed by atoms with Crippen molar-refractivity contribution < 1.29 is 0 Å². The molecule has 0 saturated carbocycles. The van der Waals surface area contributed by atoms with E-state index in [2.05, 4.69) is 37.0 Å². The lowest BCUT2D eigenvalue weighted by Gasteiger charge is -2.13. The molecule has 0 unspecified atom stereocenters. The molecule has 0 heterocycles. The Morgan fingerprint density at radius 1 is 1.38 bits per heavy atom. The number of terminal acetylenes is 1. The minimum atomic E-state index is 0.600. The van der Waals surface area contributed by atoms with Crippen molar-refractivity contribution in [2.24, 2.45) is 0 Å². The zero-order valence-corrected chi connectivity index (χ0v) is 9.14. The molecule has 0 radical (unpaired) electrons. The Balaban J connectivity index is 3.12. The molecule has 2 nitrogen and oxygen atoms in total. The maximum absolute atomic E-state index is 5.20. The summed E-state index contributed by atoms with van der Waals surface area (Å²) in [7, 11) is 2.07. The molecule has 0 aliphatic rings. The smallest absolute Gasteiger partial charge is 0.0596 e. The largest absolute Gasteiger partial charge is 0.315 e. The van der Waals surface area contributed by atoms with Crippen LogP contribution in [-0.4, -0.2) is 37.6 Å². The molecule has 0 saturated heterocycles. The van der Waals surface area contributed by atoms with Crippen LogP contribution in [0.4, 0.5) is 0 Å².